The topological polar surface area (TPSA) is 58.6 Å². The number of benzene rings is 1. The fraction of sp³-hybridized carbons (Fsp3) is 0.500. The fourth-order valence-electron chi connectivity index (χ4n) is 1.93. The Bertz CT molecular complexity index is 452. The number of nitrogens with one attached hydrogen (secondary N) is 1. The van der Waals surface area contributed by atoms with Crippen LogP contribution in [-0.4, -0.2) is 30.8 Å². The molecule has 0 aliphatic rings. The number of ether oxygens (including phenoxy) is 1. The summed E-state index contributed by atoms with van der Waals surface area (Å²) < 4.78 is 5.70. The van der Waals surface area contributed by atoms with Gasteiger partial charge in [0.2, 0.25) is 0 Å². The van der Waals surface area contributed by atoms with E-state index >= 15 is 0 Å². The molecule has 0 amide bonds. The van der Waals surface area contributed by atoms with Crippen molar-refractivity contribution in [3.63, 3.8) is 0 Å². The molecule has 0 saturated carbocycles. The summed E-state index contributed by atoms with van der Waals surface area (Å²) in [6.45, 7) is 6.36. The van der Waals surface area contributed by atoms with Crippen molar-refractivity contribution in [2.45, 2.75) is 33.1 Å². The van der Waals surface area contributed by atoms with Crippen LogP contribution in [0.25, 0.3) is 6.08 Å². The second-order valence-electron chi connectivity index (χ2n) is 5.70. The lowest BCUT2D eigenvalue weighted by Gasteiger charge is -2.07. The van der Waals surface area contributed by atoms with E-state index in [9.17, 15) is 4.79 Å². The molecule has 4 nitrogen and oxygen atoms in total. The van der Waals surface area contributed by atoms with E-state index in [4.69, 9.17) is 9.84 Å². The molecule has 0 aromatic heterocycles. The predicted octanol–water partition coefficient (Wildman–Crippen LogP) is 3.58. The molecular formula is C18H27NO3. The van der Waals surface area contributed by atoms with Crippen molar-refractivity contribution in [3.8, 4) is 5.75 Å². The third kappa shape index (κ3) is 9.19. The van der Waals surface area contributed by atoms with Crippen molar-refractivity contribution in [2.24, 2.45) is 5.92 Å². The van der Waals surface area contributed by atoms with E-state index in [1.54, 1.807) is 0 Å². The Kier molecular flexibility index (Phi) is 9.00. The van der Waals surface area contributed by atoms with Crippen LogP contribution in [-0.2, 0) is 4.79 Å². The van der Waals surface area contributed by atoms with Crippen LogP contribution < -0.4 is 10.1 Å². The Hall–Kier alpha value is -1.81. The summed E-state index contributed by atoms with van der Waals surface area (Å²) in [6.07, 6.45) is 6.42. The lowest BCUT2D eigenvalue weighted by Crippen LogP contribution is -2.17. The molecule has 2 N–H and O–H groups in total. The van der Waals surface area contributed by atoms with E-state index in [1.165, 1.54) is 6.42 Å². The standard InChI is InChI=1S/C18H27NO3/c1-15(2)5-4-14-22-17-9-7-16(8-10-17)6-3-12-19-13-11-18(20)21/h3,6-10,15,19H,4-5,11-14H2,1-2H3,(H,20,21)/b6-3+. The highest BCUT2D eigenvalue weighted by Crippen LogP contribution is 2.14. The van der Waals surface area contributed by atoms with Crippen molar-refractivity contribution in [1.29, 1.82) is 0 Å². The van der Waals surface area contributed by atoms with Gasteiger partial charge in [-0.25, -0.2) is 0 Å². The predicted molar refractivity (Wildman–Crippen MR) is 90.2 cm³/mol. The molecule has 0 fully saturated rings. The minimum atomic E-state index is -0.777. The van der Waals surface area contributed by atoms with Gasteiger partial charge in [-0.05, 0) is 36.5 Å². The third-order valence-electron chi connectivity index (χ3n) is 3.16. The maximum Gasteiger partial charge on any atom is 0.304 e. The Morgan fingerprint density at radius 3 is 2.68 bits per heavy atom. The molecule has 0 heterocycles. The molecular weight excluding hydrogens is 278 g/mol. The summed E-state index contributed by atoms with van der Waals surface area (Å²) in [6, 6.07) is 8.00. The lowest BCUT2D eigenvalue weighted by atomic mass is 10.1. The summed E-state index contributed by atoms with van der Waals surface area (Å²) in [4.78, 5) is 10.3. The van der Waals surface area contributed by atoms with Gasteiger partial charge in [-0.1, -0.05) is 38.1 Å². The molecule has 0 unspecified atom stereocenters. The first kappa shape index (κ1) is 18.2. The van der Waals surface area contributed by atoms with Crippen molar-refractivity contribution < 1.29 is 14.6 Å². The maximum absolute atomic E-state index is 10.3. The molecule has 0 aliphatic heterocycles. The lowest BCUT2D eigenvalue weighted by molar-refractivity contribution is -0.136. The quantitative estimate of drug-likeness (QED) is 0.614. The largest absolute Gasteiger partial charge is 0.494 e. The molecule has 0 spiro atoms. The van der Waals surface area contributed by atoms with Gasteiger partial charge in [-0.3, -0.25) is 4.79 Å². The van der Waals surface area contributed by atoms with Crippen LogP contribution >= 0.6 is 0 Å². The van der Waals surface area contributed by atoms with Crippen LogP contribution in [0.4, 0.5) is 0 Å². The summed E-state index contributed by atoms with van der Waals surface area (Å²) in [5.74, 6) is 0.848. The van der Waals surface area contributed by atoms with Gasteiger partial charge in [-0.2, -0.15) is 0 Å². The molecule has 0 saturated heterocycles. The van der Waals surface area contributed by atoms with Crippen molar-refractivity contribution in [2.75, 3.05) is 19.7 Å². The number of carboxylic acids is 1. The molecule has 1 rings (SSSR count). The van der Waals surface area contributed by atoms with Gasteiger partial charge in [-0.15, -0.1) is 0 Å². The summed E-state index contributed by atoms with van der Waals surface area (Å²) in [5.41, 5.74) is 1.11. The van der Waals surface area contributed by atoms with Crippen LogP contribution in [0.2, 0.25) is 0 Å². The zero-order valence-corrected chi connectivity index (χ0v) is 13.5. The van der Waals surface area contributed by atoms with Crippen LogP contribution in [0.1, 0.15) is 38.7 Å². The average Bonchev–Trinajstić information content (AvgIpc) is 2.48. The Balaban J connectivity index is 2.22. The molecule has 22 heavy (non-hydrogen) atoms. The van der Waals surface area contributed by atoms with Crippen molar-refractivity contribution in [1.82, 2.24) is 5.32 Å². The van der Waals surface area contributed by atoms with E-state index in [1.807, 2.05) is 36.4 Å². The van der Waals surface area contributed by atoms with Crippen LogP contribution in [0, 0.1) is 5.92 Å². The van der Waals surface area contributed by atoms with Gasteiger partial charge < -0.3 is 15.2 Å². The molecule has 0 bridgehead atoms. The fourth-order valence-corrected chi connectivity index (χ4v) is 1.93. The second kappa shape index (κ2) is 10.9. The molecule has 4 heteroatoms. The van der Waals surface area contributed by atoms with Gasteiger partial charge in [0.25, 0.3) is 0 Å². The monoisotopic (exact) mass is 305 g/mol. The van der Waals surface area contributed by atoms with E-state index in [2.05, 4.69) is 19.2 Å². The number of carboxylic acid groups (broad SMARTS) is 1. The number of hydrogen-bond donors (Lipinski definition) is 2. The van der Waals surface area contributed by atoms with Gasteiger partial charge in [0.05, 0.1) is 13.0 Å². The Labute approximate surface area is 133 Å². The zero-order chi connectivity index (χ0) is 16.2. The molecule has 122 valence electrons. The number of hydrogen-bond acceptors (Lipinski definition) is 3. The highest BCUT2D eigenvalue weighted by atomic mass is 16.5. The smallest absolute Gasteiger partial charge is 0.304 e. The van der Waals surface area contributed by atoms with Gasteiger partial charge in [0.1, 0.15) is 5.75 Å². The molecule has 0 radical (unpaired) electrons. The third-order valence-corrected chi connectivity index (χ3v) is 3.16. The molecule has 1 aromatic rings. The SMILES string of the molecule is CC(C)CCCOc1ccc(/C=C/CNCCC(=O)O)cc1. The first-order valence-electron chi connectivity index (χ1n) is 7.90. The highest BCUT2D eigenvalue weighted by molar-refractivity contribution is 5.66. The minimum Gasteiger partial charge on any atom is -0.494 e. The summed E-state index contributed by atoms with van der Waals surface area (Å²) in [7, 11) is 0. The second-order valence-corrected chi connectivity index (χ2v) is 5.70. The van der Waals surface area contributed by atoms with Crippen molar-refractivity contribution >= 4 is 12.0 Å². The normalized spacial score (nSPS) is 11.2. The van der Waals surface area contributed by atoms with Crippen LogP contribution in [0.3, 0.4) is 0 Å². The Morgan fingerprint density at radius 2 is 2.05 bits per heavy atom. The summed E-state index contributed by atoms with van der Waals surface area (Å²) in [5, 5.41) is 11.6. The van der Waals surface area contributed by atoms with E-state index in [-0.39, 0.29) is 6.42 Å². The minimum absolute atomic E-state index is 0.149. The molecule has 1 aromatic carbocycles. The number of aliphatic carboxylic acids is 1. The van der Waals surface area contributed by atoms with Gasteiger partial charge in [0, 0.05) is 13.1 Å². The average molecular weight is 305 g/mol. The van der Waals surface area contributed by atoms with Crippen molar-refractivity contribution in [3.05, 3.63) is 35.9 Å². The number of rotatable bonds is 11. The maximum atomic E-state index is 10.3. The van der Waals surface area contributed by atoms with Crippen LogP contribution in [0.5, 0.6) is 5.75 Å². The van der Waals surface area contributed by atoms with Gasteiger partial charge in [0.15, 0.2) is 0 Å². The van der Waals surface area contributed by atoms with E-state index < -0.39 is 5.97 Å². The van der Waals surface area contributed by atoms with Gasteiger partial charge >= 0.3 is 5.97 Å². The molecule has 0 atom stereocenters. The Morgan fingerprint density at radius 1 is 1.32 bits per heavy atom. The molecule has 0 aliphatic carbocycles. The first-order chi connectivity index (χ1) is 10.6. The zero-order valence-electron chi connectivity index (χ0n) is 13.5. The van der Waals surface area contributed by atoms with E-state index in [0.717, 1.165) is 30.3 Å². The summed E-state index contributed by atoms with van der Waals surface area (Å²) >= 11 is 0. The van der Waals surface area contributed by atoms with E-state index in [0.29, 0.717) is 13.1 Å². The number of carbonyl (C=O) groups is 1. The highest BCUT2D eigenvalue weighted by Gasteiger charge is 1.97. The van der Waals surface area contributed by atoms with Crippen LogP contribution in [0.15, 0.2) is 30.3 Å². The first-order valence-corrected chi connectivity index (χ1v) is 7.90.